The molecule has 0 saturated heterocycles. The molecule has 0 atom stereocenters. The van der Waals surface area contributed by atoms with Crippen molar-refractivity contribution < 1.29 is 0 Å². The highest BCUT2D eigenvalue weighted by Crippen LogP contribution is 2.56. The molecule has 0 unspecified atom stereocenters. The van der Waals surface area contributed by atoms with Crippen LogP contribution in [0.25, 0.3) is 55.6 Å². The lowest BCUT2D eigenvalue weighted by atomic mass is 9.70. The second-order valence-corrected chi connectivity index (χ2v) is 20.1. The van der Waals surface area contributed by atoms with Crippen molar-refractivity contribution in [3.63, 3.8) is 0 Å². The van der Waals surface area contributed by atoms with Crippen LogP contribution in [-0.4, -0.2) is 6.34 Å². The van der Waals surface area contributed by atoms with Crippen molar-refractivity contribution in [1.82, 2.24) is 0 Å². The van der Waals surface area contributed by atoms with Crippen LogP contribution < -0.4 is 9.80 Å². The molecule has 0 amide bonds. The maximum absolute atomic E-state index is 5.17. The minimum absolute atomic E-state index is 0.133. The molecule has 2 aliphatic heterocycles. The molecule has 0 radical (unpaired) electrons. The van der Waals surface area contributed by atoms with Crippen LogP contribution in [0.1, 0.15) is 69.4 Å². The first kappa shape index (κ1) is 40.7. The quantitative estimate of drug-likeness (QED) is 0.159. The molecule has 9 aromatic rings. The van der Waals surface area contributed by atoms with Gasteiger partial charge in [0.1, 0.15) is 0 Å². The van der Waals surface area contributed by atoms with Crippen molar-refractivity contribution in [1.29, 1.82) is 0 Å². The predicted molar refractivity (Wildman–Crippen MR) is 283 cm³/mol. The third-order valence-electron chi connectivity index (χ3n) is 14.9. The maximum atomic E-state index is 5.17. The average Bonchev–Trinajstić information content (AvgIpc) is 3.59. The number of fused-ring (bicyclic) bond motifs is 5. The van der Waals surface area contributed by atoms with Crippen LogP contribution in [0.2, 0.25) is 0 Å². The zero-order valence-electron chi connectivity index (χ0n) is 39.0. The van der Waals surface area contributed by atoms with Gasteiger partial charge < -0.3 is 9.80 Å². The Hall–Kier alpha value is -7.75. The van der Waals surface area contributed by atoms with Gasteiger partial charge in [0.15, 0.2) is 0 Å². The van der Waals surface area contributed by atoms with Gasteiger partial charge in [0.05, 0.1) is 23.3 Å². The zero-order chi connectivity index (χ0) is 45.7. The molecule has 3 nitrogen and oxygen atoms in total. The standard InChI is InChI=1S/C64H53N3/c1-62(2)55-22-14-13-21-53(55)54-34-33-50(40-58(54)62)67(51-38-47(42-17-9-7-10-18-42)37-48(39-51)43-19-11-8-12-20-43)49-31-29-45(30-32-49)44-25-27-46(28-26-44)52-35-36-57-61-60(52)64(5,6)65-41-66(61)59-24-16-15-23-56(59)63(57,3)4/h7-41H,1-6H3. The van der Waals surface area contributed by atoms with Crippen LogP contribution >= 0.6 is 0 Å². The van der Waals surface area contributed by atoms with Crippen molar-refractivity contribution in [2.75, 3.05) is 9.80 Å². The molecule has 0 aromatic heterocycles. The van der Waals surface area contributed by atoms with Crippen LogP contribution in [0, 0.1) is 0 Å². The third kappa shape index (κ3) is 6.51. The third-order valence-corrected chi connectivity index (χ3v) is 14.9. The molecule has 0 bridgehead atoms. The highest BCUT2D eigenvalue weighted by Gasteiger charge is 2.43. The molecular weight excluding hydrogens is 811 g/mol. The van der Waals surface area contributed by atoms with E-state index in [1.807, 2.05) is 6.34 Å². The number of hydrogen-bond acceptors (Lipinski definition) is 3. The summed E-state index contributed by atoms with van der Waals surface area (Å²) in [6.45, 7) is 13.9. The number of benzene rings is 9. The first-order valence-electron chi connectivity index (χ1n) is 23.6. The number of aliphatic imine (C=N–C) groups is 1. The normalized spacial score (nSPS) is 15.3. The summed E-state index contributed by atoms with van der Waals surface area (Å²) < 4.78 is 0. The molecule has 0 saturated carbocycles. The highest BCUT2D eigenvalue weighted by molar-refractivity contribution is 6.01. The Morgan fingerprint density at radius 1 is 0.358 bits per heavy atom. The van der Waals surface area contributed by atoms with E-state index >= 15 is 0 Å². The van der Waals surface area contributed by atoms with Crippen LogP contribution in [0.5, 0.6) is 0 Å². The summed E-state index contributed by atoms with van der Waals surface area (Å²) in [6, 6.07) is 76.2. The van der Waals surface area contributed by atoms with E-state index in [4.69, 9.17) is 4.99 Å². The predicted octanol–water partition coefficient (Wildman–Crippen LogP) is 17.2. The molecule has 324 valence electrons. The Morgan fingerprint density at radius 3 is 1.54 bits per heavy atom. The minimum Gasteiger partial charge on any atom is -0.310 e. The second-order valence-electron chi connectivity index (χ2n) is 20.1. The summed E-state index contributed by atoms with van der Waals surface area (Å²) in [5.74, 6) is 0. The van der Waals surface area contributed by atoms with Crippen LogP contribution in [0.3, 0.4) is 0 Å². The molecule has 3 heteroatoms. The van der Waals surface area contributed by atoms with Crippen LogP contribution in [-0.2, 0) is 16.4 Å². The lowest BCUT2D eigenvalue weighted by molar-refractivity contribution is 0.547. The molecule has 1 aliphatic carbocycles. The summed E-state index contributed by atoms with van der Waals surface area (Å²) in [5.41, 5.74) is 24.0. The van der Waals surface area contributed by atoms with E-state index in [1.165, 1.54) is 94.8 Å². The Kier molecular flexibility index (Phi) is 9.21. The van der Waals surface area contributed by atoms with Gasteiger partial charge in [-0.15, -0.1) is 0 Å². The average molecular weight is 864 g/mol. The fraction of sp³-hybridized carbons (Fsp3) is 0.141. The van der Waals surface area contributed by atoms with Gasteiger partial charge in [0.25, 0.3) is 0 Å². The Morgan fingerprint density at radius 2 is 0.866 bits per heavy atom. The topological polar surface area (TPSA) is 18.8 Å². The minimum atomic E-state index is -0.388. The van der Waals surface area contributed by atoms with Crippen molar-refractivity contribution in [3.05, 3.63) is 234 Å². The summed E-state index contributed by atoms with van der Waals surface area (Å²) in [7, 11) is 0. The fourth-order valence-electron chi connectivity index (χ4n) is 11.3. The largest absolute Gasteiger partial charge is 0.310 e. The van der Waals surface area contributed by atoms with Crippen molar-refractivity contribution >= 4 is 34.8 Å². The highest BCUT2D eigenvalue weighted by atomic mass is 15.2. The summed E-state index contributed by atoms with van der Waals surface area (Å²) in [5, 5.41) is 0. The van der Waals surface area contributed by atoms with E-state index in [0.29, 0.717) is 0 Å². The number of anilines is 5. The van der Waals surface area contributed by atoms with Gasteiger partial charge in [-0.2, -0.15) is 0 Å². The van der Waals surface area contributed by atoms with Crippen LogP contribution in [0.15, 0.2) is 211 Å². The molecular formula is C64H53N3. The summed E-state index contributed by atoms with van der Waals surface area (Å²) >= 11 is 0. The van der Waals surface area contributed by atoms with E-state index in [-0.39, 0.29) is 16.4 Å². The molecule has 2 heterocycles. The number of rotatable bonds is 7. The molecule has 0 N–H and O–H groups in total. The first-order valence-corrected chi connectivity index (χ1v) is 23.6. The SMILES string of the molecule is CC1(C)N=CN2c3ccccc3C(C)(C)c3ccc(-c4ccc(-c5ccc(N(c6cc(-c7ccccc7)cc(-c7ccccc7)c6)c6ccc7c(c6)C(C)(C)c6ccccc6-7)cc5)cc4)c1c32. The maximum Gasteiger partial charge on any atom is 0.0951 e. The summed E-state index contributed by atoms with van der Waals surface area (Å²) in [4.78, 5) is 9.93. The van der Waals surface area contributed by atoms with Gasteiger partial charge in [0.2, 0.25) is 0 Å². The lowest BCUT2D eigenvalue weighted by Crippen LogP contribution is -2.38. The van der Waals surface area contributed by atoms with Crippen LogP contribution in [0.4, 0.5) is 28.4 Å². The van der Waals surface area contributed by atoms with Crippen molar-refractivity contribution in [2.45, 2.75) is 57.9 Å². The van der Waals surface area contributed by atoms with E-state index in [2.05, 4.69) is 258 Å². The Balaban J connectivity index is 0.949. The number of nitrogens with zero attached hydrogens (tertiary/aromatic N) is 3. The smallest absolute Gasteiger partial charge is 0.0951 e. The molecule has 0 fully saturated rings. The van der Waals surface area contributed by atoms with Gasteiger partial charge in [-0.3, -0.25) is 4.99 Å². The first-order chi connectivity index (χ1) is 32.5. The van der Waals surface area contributed by atoms with Crippen molar-refractivity contribution in [3.8, 4) is 55.6 Å². The number of hydrogen-bond donors (Lipinski definition) is 0. The lowest BCUT2D eigenvalue weighted by Gasteiger charge is -2.45. The van der Waals surface area contributed by atoms with E-state index < -0.39 is 0 Å². The molecule has 0 spiro atoms. The van der Waals surface area contributed by atoms with E-state index in [1.54, 1.807) is 0 Å². The Labute approximate surface area is 395 Å². The molecule has 12 rings (SSSR count). The van der Waals surface area contributed by atoms with Gasteiger partial charge in [-0.05, 0) is 140 Å². The monoisotopic (exact) mass is 863 g/mol. The molecule has 9 aromatic carbocycles. The van der Waals surface area contributed by atoms with E-state index in [9.17, 15) is 0 Å². The van der Waals surface area contributed by atoms with Gasteiger partial charge >= 0.3 is 0 Å². The second kappa shape index (κ2) is 15.2. The fourth-order valence-corrected chi connectivity index (χ4v) is 11.3. The van der Waals surface area contributed by atoms with Gasteiger partial charge in [-0.25, -0.2) is 0 Å². The number of para-hydroxylation sites is 1. The van der Waals surface area contributed by atoms with Gasteiger partial charge in [0, 0.05) is 33.5 Å². The Bertz CT molecular complexity index is 3360. The van der Waals surface area contributed by atoms with Crippen molar-refractivity contribution in [2.24, 2.45) is 4.99 Å². The molecule has 67 heavy (non-hydrogen) atoms. The molecule has 3 aliphatic rings. The van der Waals surface area contributed by atoms with E-state index in [0.717, 1.165) is 17.1 Å². The zero-order valence-corrected chi connectivity index (χ0v) is 39.0. The van der Waals surface area contributed by atoms with Gasteiger partial charge in [-0.1, -0.05) is 185 Å². The summed E-state index contributed by atoms with van der Waals surface area (Å²) in [6.07, 6.45) is 2.05.